The molecule has 0 saturated heterocycles. The number of nitrogens with zero attached hydrogens (tertiary/aromatic N) is 1. The van der Waals surface area contributed by atoms with Crippen LogP contribution in [0.4, 0.5) is 0 Å². The molecule has 0 aliphatic carbocycles. The van der Waals surface area contributed by atoms with E-state index in [0.29, 0.717) is 11.8 Å². The molecule has 0 amide bonds. The van der Waals surface area contributed by atoms with E-state index in [1.807, 2.05) is 18.3 Å². The molecule has 0 aliphatic rings. The molecule has 0 N–H and O–H groups in total. The zero-order valence-electron chi connectivity index (χ0n) is 9.49. The van der Waals surface area contributed by atoms with Crippen LogP contribution in [0.1, 0.15) is 6.92 Å². The molecule has 4 heteroatoms. The van der Waals surface area contributed by atoms with Crippen LogP contribution >= 0.6 is 39.3 Å². The van der Waals surface area contributed by atoms with Gasteiger partial charge in [-0.2, -0.15) is 0 Å². The van der Waals surface area contributed by atoms with E-state index >= 15 is 0 Å². The van der Waals surface area contributed by atoms with Gasteiger partial charge in [0.15, 0.2) is 0 Å². The largest absolute Gasteiger partial charge is 0.249 e. The Morgan fingerprint density at radius 2 is 2.18 bits per heavy atom. The van der Waals surface area contributed by atoms with Crippen molar-refractivity contribution in [3.63, 3.8) is 0 Å². The summed E-state index contributed by atoms with van der Waals surface area (Å²) in [7, 11) is 0. The summed E-state index contributed by atoms with van der Waals surface area (Å²) in [5.74, 6) is 2.20. The lowest BCUT2D eigenvalue weighted by Crippen LogP contribution is -1.99. The molecule has 1 unspecified atom stereocenters. The molecule has 0 fully saturated rings. The van der Waals surface area contributed by atoms with Crippen molar-refractivity contribution < 1.29 is 0 Å². The predicted molar refractivity (Wildman–Crippen MR) is 80.1 cm³/mol. The zero-order chi connectivity index (χ0) is 12.3. The van der Waals surface area contributed by atoms with Crippen LogP contribution in [0.2, 0.25) is 0 Å². The van der Waals surface area contributed by atoms with E-state index in [-0.39, 0.29) is 0 Å². The maximum Gasteiger partial charge on any atom is 0.104 e. The van der Waals surface area contributed by atoms with E-state index in [4.69, 9.17) is 11.6 Å². The van der Waals surface area contributed by atoms with Crippen molar-refractivity contribution >= 4 is 50.1 Å². The van der Waals surface area contributed by atoms with E-state index in [1.165, 1.54) is 10.8 Å². The van der Waals surface area contributed by atoms with Crippen molar-refractivity contribution in [1.29, 1.82) is 0 Å². The lowest BCUT2D eigenvalue weighted by atomic mass is 10.2. The Morgan fingerprint density at radius 3 is 2.94 bits per heavy atom. The van der Waals surface area contributed by atoms with Gasteiger partial charge in [0, 0.05) is 33.1 Å². The second-order valence-electron chi connectivity index (χ2n) is 4.02. The summed E-state index contributed by atoms with van der Waals surface area (Å²) in [6, 6.07) is 8.25. The molecule has 1 atom stereocenters. The monoisotopic (exact) mass is 329 g/mol. The average molecular weight is 331 g/mol. The number of benzene rings is 1. The molecule has 2 rings (SSSR count). The van der Waals surface area contributed by atoms with Crippen LogP contribution in [0, 0.1) is 5.92 Å². The molecule has 2 aromatic rings. The van der Waals surface area contributed by atoms with Crippen LogP contribution in [0.15, 0.2) is 40.0 Å². The van der Waals surface area contributed by atoms with E-state index in [2.05, 4.69) is 40.0 Å². The number of pyridine rings is 1. The normalized spacial score (nSPS) is 12.9. The van der Waals surface area contributed by atoms with Crippen LogP contribution in [0.5, 0.6) is 0 Å². The van der Waals surface area contributed by atoms with E-state index in [0.717, 1.165) is 15.3 Å². The van der Waals surface area contributed by atoms with Crippen molar-refractivity contribution in [3.8, 4) is 0 Å². The number of rotatable bonds is 4. The lowest BCUT2D eigenvalue weighted by Gasteiger charge is -2.09. The van der Waals surface area contributed by atoms with Crippen LogP contribution in [-0.2, 0) is 0 Å². The summed E-state index contributed by atoms with van der Waals surface area (Å²) in [5, 5.41) is 3.50. The van der Waals surface area contributed by atoms with Gasteiger partial charge in [0.25, 0.3) is 0 Å². The molecule has 1 nitrogen and oxygen atoms in total. The summed E-state index contributed by atoms with van der Waals surface area (Å²) >= 11 is 11.2. The number of hydrogen-bond acceptors (Lipinski definition) is 2. The first kappa shape index (κ1) is 13.2. The highest BCUT2D eigenvalue weighted by Crippen LogP contribution is 2.31. The Labute approximate surface area is 119 Å². The first-order chi connectivity index (χ1) is 8.22. The summed E-state index contributed by atoms with van der Waals surface area (Å²) in [6.07, 6.45) is 1.86. The van der Waals surface area contributed by atoms with Crippen molar-refractivity contribution in [3.05, 3.63) is 34.9 Å². The van der Waals surface area contributed by atoms with Crippen molar-refractivity contribution in [2.75, 3.05) is 11.6 Å². The summed E-state index contributed by atoms with van der Waals surface area (Å²) < 4.78 is 1.12. The SMILES string of the molecule is CC(CCl)CSc1nccc2c(Br)cccc12. The minimum absolute atomic E-state index is 0.505. The zero-order valence-corrected chi connectivity index (χ0v) is 12.6. The van der Waals surface area contributed by atoms with Gasteiger partial charge in [-0.05, 0) is 18.1 Å². The van der Waals surface area contributed by atoms with Crippen molar-refractivity contribution in [2.45, 2.75) is 11.9 Å². The maximum atomic E-state index is 5.82. The van der Waals surface area contributed by atoms with E-state index < -0.39 is 0 Å². The highest BCUT2D eigenvalue weighted by Gasteiger charge is 2.07. The van der Waals surface area contributed by atoms with E-state index in [9.17, 15) is 0 Å². The quantitative estimate of drug-likeness (QED) is 0.580. The van der Waals surface area contributed by atoms with Gasteiger partial charge in [-0.3, -0.25) is 0 Å². The third-order valence-corrected chi connectivity index (χ3v) is 5.04. The molecule has 0 radical (unpaired) electrons. The molecule has 0 saturated carbocycles. The number of hydrogen-bond donors (Lipinski definition) is 0. The minimum atomic E-state index is 0.505. The van der Waals surface area contributed by atoms with E-state index in [1.54, 1.807) is 11.8 Å². The van der Waals surface area contributed by atoms with Gasteiger partial charge in [0.05, 0.1) is 0 Å². The van der Waals surface area contributed by atoms with Gasteiger partial charge in [0.2, 0.25) is 0 Å². The first-order valence-electron chi connectivity index (χ1n) is 5.44. The van der Waals surface area contributed by atoms with Gasteiger partial charge < -0.3 is 0 Å². The average Bonchev–Trinajstić information content (AvgIpc) is 2.36. The fourth-order valence-electron chi connectivity index (χ4n) is 1.52. The standard InChI is InChI=1S/C13H13BrClNS/c1-9(7-15)8-17-13-11-3-2-4-12(14)10(11)5-6-16-13/h2-6,9H,7-8H2,1H3. The molecule has 1 aromatic carbocycles. The molecule has 0 spiro atoms. The summed E-state index contributed by atoms with van der Waals surface area (Å²) in [6.45, 7) is 2.15. The van der Waals surface area contributed by atoms with Gasteiger partial charge in [-0.15, -0.1) is 23.4 Å². The Hall–Kier alpha value is -0.250. The number of halogens is 2. The fraction of sp³-hybridized carbons (Fsp3) is 0.308. The number of aromatic nitrogens is 1. The molecule has 0 bridgehead atoms. The third kappa shape index (κ3) is 3.15. The second kappa shape index (κ2) is 6.07. The number of fused-ring (bicyclic) bond motifs is 1. The highest BCUT2D eigenvalue weighted by atomic mass is 79.9. The summed E-state index contributed by atoms with van der Waals surface area (Å²) in [5.41, 5.74) is 0. The number of thioether (sulfide) groups is 1. The Morgan fingerprint density at radius 1 is 1.35 bits per heavy atom. The minimum Gasteiger partial charge on any atom is -0.249 e. The fourth-order valence-corrected chi connectivity index (χ4v) is 3.29. The Bertz CT molecular complexity index is 518. The van der Waals surface area contributed by atoms with Gasteiger partial charge in [-0.1, -0.05) is 35.0 Å². The van der Waals surface area contributed by atoms with Crippen LogP contribution < -0.4 is 0 Å². The molecule has 1 aromatic heterocycles. The molecule has 90 valence electrons. The van der Waals surface area contributed by atoms with Crippen LogP contribution in [0.3, 0.4) is 0 Å². The number of alkyl halides is 1. The van der Waals surface area contributed by atoms with Gasteiger partial charge >= 0.3 is 0 Å². The predicted octanol–water partition coefficient (Wildman–Crippen LogP) is 4.96. The Kier molecular flexibility index (Phi) is 4.71. The third-order valence-electron chi connectivity index (χ3n) is 2.48. The second-order valence-corrected chi connectivity index (χ2v) is 6.19. The Balaban J connectivity index is 2.31. The highest BCUT2D eigenvalue weighted by molar-refractivity contribution is 9.10. The molecule has 0 aliphatic heterocycles. The summed E-state index contributed by atoms with van der Waals surface area (Å²) in [4.78, 5) is 4.45. The smallest absolute Gasteiger partial charge is 0.104 e. The van der Waals surface area contributed by atoms with Crippen molar-refractivity contribution in [2.24, 2.45) is 5.92 Å². The topological polar surface area (TPSA) is 12.9 Å². The van der Waals surface area contributed by atoms with Crippen LogP contribution in [0.25, 0.3) is 10.8 Å². The maximum absolute atomic E-state index is 5.82. The van der Waals surface area contributed by atoms with Crippen LogP contribution in [-0.4, -0.2) is 16.6 Å². The molecular formula is C13H13BrClNS. The van der Waals surface area contributed by atoms with Gasteiger partial charge in [-0.25, -0.2) is 4.98 Å². The van der Waals surface area contributed by atoms with Gasteiger partial charge in [0.1, 0.15) is 5.03 Å². The van der Waals surface area contributed by atoms with Crippen molar-refractivity contribution in [1.82, 2.24) is 4.98 Å². The lowest BCUT2D eigenvalue weighted by molar-refractivity contribution is 0.758. The molecule has 1 heterocycles. The molecule has 17 heavy (non-hydrogen) atoms. The molecular weight excluding hydrogens is 318 g/mol. The first-order valence-corrected chi connectivity index (χ1v) is 7.75.